The summed E-state index contributed by atoms with van der Waals surface area (Å²) >= 11 is 1.64. The van der Waals surface area contributed by atoms with Crippen LogP contribution in [-0.4, -0.2) is 111 Å². The quantitative estimate of drug-likeness (QED) is 0.103. The second kappa shape index (κ2) is 17.6. The number of carbonyl (C=O) groups is 2. The van der Waals surface area contributed by atoms with Gasteiger partial charge in [0.1, 0.15) is 47.3 Å². The van der Waals surface area contributed by atoms with Gasteiger partial charge < -0.3 is 59.1 Å². The number of hydrogen-bond acceptors (Lipinski definition) is 14. The molecule has 3 saturated heterocycles. The van der Waals surface area contributed by atoms with Crippen molar-refractivity contribution in [1.82, 2.24) is 5.32 Å². The van der Waals surface area contributed by atoms with Crippen LogP contribution in [0.2, 0.25) is 0 Å². The van der Waals surface area contributed by atoms with E-state index in [2.05, 4.69) is 55.7 Å². The molecule has 70 heavy (non-hydrogen) atoms. The van der Waals surface area contributed by atoms with Crippen molar-refractivity contribution in [2.45, 2.75) is 170 Å². The van der Waals surface area contributed by atoms with Gasteiger partial charge in [-0.2, -0.15) is 0 Å². The van der Waals surface area contributed by atoms with Crippen LogP contribution in [0.15, 0.2) is 75.8 Å². The highest BCUT2D eigenvalue weighted by Gasteiger charge is 2.83. The molecule has 6 fully saturated rings. The van der Waals surface area contributed by atoms with Crippen LogP contribution in [0.1, 0.15) is 112 Å². The smallest absolute Gasteiger partial charge is 0.246 e. The summed E-state index contributed by atoms with van der Waals surface area (Å²) in [6, 6.07) is 8.06. The van der Waals surface area contributed by atoms with E-state index in [1.165, 1.54) is 5.57 Å². The molecule has 5 N–H and O–H groups in total. The maximum atomic E-state index is 15.8. The molecule has 4 bridgehead atoms. The number of carbonyl (C=O) groups excluding carboxylic acids is 2. The first-order chi connectivity index (χ1) is 33.1. The molecule has 11 atom stereocenters. The first-order valence-electron chi connectivity index (χ1n) is 24.8. The highest BCUT2D eigenvalue weighted by atomic mass is 32.2. The summed E-state index contributed by atoms with van der Waals surface area (Å²) in [5.74, 6) is -1.01. The van der Waals surface area contributed by atoms with Crippen molar-refractivity contribution in [3.05, 3.63) is 87.6 Å². The highest BCUT2D eigenvalue weighted by Crippen LogP contribution is 2.73. The molecule has 2 aromatic rings. The Morgan fingerprint density at radius 1 is 0.986 bits per heavy atom. The highest BCUT2D eigenvalue weighted by molar-refractivity contribution is 8.00. The average Bonchev–Trinajstić information content (AvgIpc) is 3.38. The molecule has 6 heterocycles. The Morgan fingerprint density at radius 2 is 1.74 bits per heavy atom. The van der Waals surface area contributed by atoms with Gasteiger partial charge in [-0.3, -0.25) is 9.59 Å². The molecule has 15 heteroatoms. The predicted molar refractivity (Wildman–Crippen MR) is 265 cm³/mol. The predicted octanol–water partition coefficient (Wildman–Crippen LogP) is 7.72. The molecule has 1 amide bonds. The summed E-state index contributed by atoms with van der Waals surface area (Å²) in [5.41, 5.74) is 2.31. The molecule has 0 radical (unpaired) electrons. The fourth-order valence-corrected chi connectivity index (χ4v) is 13.6. The lowest BCUT2D eigenvalue weighted by Crippen LogP contribution is -2.75. The van der Waals surface area contributed by atoms with Gasteiger partial charge in [-0.25, -0.2) is 0 Å². The van der Waals surface area contributed by atoms with Crippen LogP contribution < -0.4 is 24.8 Å². The number of para-hydroxylation sites is 1. The Hall–Kier alpha value is -4.45. The third-order valence-electron chi connectivity index (χ3n) is 15.5. The zero-order valence-electron chi connectivity index (χ0n) is 41.9. The summed E-state index contributed by atoms with van der Waals surface area (Å²) in [6.45, 7) is 19.6. The molecular formula is C55H68N2O12S. The van der Waals surface area contributed by atoms with Crippen molar-refractivity contribution in [2.24, 2.45) is 11.8 Å². The van der Waals surface area contributed by atoms with E-state index in [1.807, 2.05) is 52.0 Å². The summed E-state index contributed by atoms with van der Waals surface area (Å²) in [6.07, 6.45) is 6.57. The monoisotopic (exact) mass is 980 g/mol. The lowest BCUT2D eigenvalue weighted by molar-refractivity contribution is -0.373. The summed E-state index contributed by atoms with van der Waals surface area (Å²) in [7, 11) is 0. The lowest BCUT2D eigenvalue weighted by Gasteiger charge is -2.61. The molecule has 6 unspecified atom stereocenters. The lowest BCUT2D eigenvalue weighted by atomic mass is 9.49. The van der Waals surface area contributed by atoms with Crippen molar-refractivity contribution < 1.29 is 58.1 Å². The number of fused-ring (bicyclic) bond motifs is 5. The van der Waals surface area contributed by atoms with Crippen molar-refractivity contribution in [1.29, 1.82) is 0 Å². The van der Waals surface area contributed by atoms with Gasteiger partial charge in [-0.05, 0) is 119 Å². The summed E-state index contributed by atoms with van der Waals surface area (Å²) in [5, 5.41) is 39.5. The van der Waals surface area contributed by atoms with Crippen LogP contribution in [0, 0.1) is 11.8 Å². The minimum absolute atomic E-state index is 0.0415. The topological polar surface area (TPSA) is 183 Å². The number of Topliss-reactive ketones (excluding diaryl/α,β-unsaturated/α-hetero) is 1. The molecule has 14 nitrogen and oxygen atoms in total. The maximum Gasteiger partial charge on any atom is 0.246 e. The Balaban J connectivity index is 1.25. The van der Waals surface area contributed by atoms with E-state index in [1.54, 1.807) is 38.6 Å². The van der Waals surface area contributed by atoms with Gasteiger partial charge in [0.25, 0.3) is 0 Å². The molecule has 11 rings (SSSR count). The van der Waals surface area contributed by atoms with E-state index >= 15 is 4.79 Å². The molecule has 0 aromatic heterocycles. The van der Waals surface area contributed by atoms with Crippen LogP contribution >= 0.6 is 11.8 Å². The number of rotatable bonds is 12. The Labute approximate surface area is 414 Å². The number of hydrogen-bond donors (Lipinski definition) is 5. The third kappa shape index (κ3) is 7.80. The molecular weight excluding hydrogens is 913 g/mol. The zero-order valence-corrected chi connectivity index (χ0v) is 42.7. The summed E-state index contributed by atoms with van der Waals surface area (Å²) in [4.78, 5) is 30.1. The van der Waals surface area contributed by atoms with Gasteiger partial charge in [-0.1, -0.05) is 41.5 Å². The maximum absolute atomic E-state index is 15.8. The fraction of sp³-hybridized carbons (Fsp3) is 0.564. The van der Waals surface area contributed by atoms with E-state index in [-0.39, 0.29) is 43.8 Å². The Kier molecular flexibility index (Phi) is 12.4. The zero-order chi connectivity index (χ0) is 49.9. The number of nitrogens with one attached hydrogen (secondary N) is 2. The van der Waals surface area contributed by atoms with Gasteiger partial charge in [0.05, 0.1) is 41.3 Å². The van der Waals surface area contributed by atoms with Crippen LogP contribution in [-0.2, 0) is 35.0 Å². The van der Waals surface area contributed by atoms with Gasteiger partial charge in [0.2, 0.25) is 12.2 Å². The largest absolute Gasteiger partial charge is 0.482 e. The first kappa shape index (κ1) is 49.1. The number of ketones is 1. The van der Waals surface area contributed by atoms with E-state index < -0.39 is 70.1 Å². The van der Waals surface area contributed by atoms with Crippen LogP contribution in [0.4, 0.5) is 5.69 Å². The molecule has 9 aliphatic rings. The van der Waals surface area contributed by atoms with Gasteiger partial charge in [-0.15, -0.1) is 11.8 Å². The fourth-order valence-electron chi connectivity index (χ4n) is 12.2. The number of allylic oxidation sites excluding steroid dienone is 4. The molecule has 1 spiro atoms. The standard InChI is InChI=1S/C55H68N2O12S/c1-28(2)14-13-21-53(10)22-20-32-43(67-53)31(18-17-29(3)4)45-38(44(32)65-50-42(60)41(59)46-35(64-50)27-63-52(8,9)66-46)40-39-47(70-36-16-12-11-15-34(36)57-40)33-26-37-51(6,7)69-54(48(33)61,55(37,39)68-45)23-19-30(5)49(62)56-24-25-58/h11-12,14-17,19-20,22,33,35,37,41-42,46-47,50,57-60H,13,18,21,23-27H2,1-10H3,(H,56,62)/b30-19-/t33?,35-,37?,41-,42-,46-,47?,50+,53?,54?,55?/m0/s1. The van der Waals surface area contributed by atoms with Crippen LogP contribution in [0.5, 0.6) is 17.2 Å². The Bertz CT molecular complexity index is 2660. The third-order valence-corrected chi connectivity index (χ3v) is 16.9. The van der Waals surface area contributed by atoms with Crippen molar-refractivity contribution in [3.8, 4) is 17.2 Å². The minimum atomic E-state index is -1.59. The number of aliphatic hydroxyl groups excluding tert-OH is 3. The van der Waals surface area contributed by atoms with Gasteiger partial charge >= 0.3 is 0 Å². The second-order valence-electron chi connectivity index (χ2n) is 21.9. The SMILES string of the molecule is CC(C)=CCCC1(C)C=Cc2c(c(CC=C(C)C)c3c(c2O[C@H]2O[C@H]4COC(C)(C)O[C@@H]4[C@@H](O)[C@@H]2O)C2=C4C(Sc5ccccc5N2)C2CC5C(C)(C)OC(C/C=C(/C)C(=O)NCCO)(C2=O)C45O3)O1. The summed E-state index contributed by atoms with van der Waals surface area (Å²) < 4.78 is 48.4. The van der Waals surface area contributed by atoms with Crippen LogP contribution in [0.25, 0.3) is 11.8 Å². The number of amides is 1. The molecule has 3 saturated carbocycles. The number of anilines is 1. The second-order valence-corrected chi connectivity index (χ2v) is 23.1. The normalized spacial score (nSPS) is 34.5. The van der Waals surface area contributed by atoms with Gasteiger partial charge in [0.15, 0.2) is 22.8 Å². The van der Waals surface area contributed by atoms with E-state index in [4.69, 9.17) is 33.2 Å². The number of thioether (sulfide) groups is 1. The van der Waals surface area contributed by atoms with Crippen LogP contribution in [0.3, 0.4) is 0 Å². The van der Waals surface area contributed by atoms with Crippen molar-refractivity contribution in [2.75, 3.05) is 25.1 Å². The number of aliphatic hydroxyl groups is 3. The van der Waals surface area contributed by atoms with Gasteiger partial charge in [0, 0.05) is 51.7 Å². The van der Waals surface area contributed by atoms with Crippen molar-refractivity contribution in [3.63, 3.8) is 0 Å². The Morgan fingerprint density at radius 3 is 2.49 bits per heavy atom. The molecule has 6 aliphatic heterocycles. The molecule has 376 valence electrons. The van der Waals surface area contributed by atoms with Crippen molar-refractivity contribution >= 4 is 40.9 Å². The molecule has 3 aliphatic carbocycles. The molecule has 2 aromatic carbocycles. The number of ether oxygens (including phenoxy) is 7. The van der Waals surface area contributed by atoms with E-state index in [0.717, 1.165) is 33.7 Å². The van der Waals surface area contributed by atoms with E-state index in [0.29, 0.717) is 58.9 Å². The first-order valence-corrected chi connectivity index (χ1v) is 25.7. The average molecular weight is 981 g/mol. The minimum Gasteiger partial charge on any atom is -0.482 e. The van der Waals surface area contributed by atoms with E-state index in [9.17, 15) is 20.1 Å². The number of benzene rings is 2.